The van der Waals surface area contributed by atoms with Crippen molar-refractivity contribution in [2.45, 2.75) is 26.8 Å². The van der Waals surface area contributed by atoms with Crippen molar-refractivity contribution in [2.75, 3.05) is 5.32 Å². The molecule has 0 spiro atoms. The van der Waals surface area contributed by atoms with Gasteiger partial charge < -0.3 is 5.32 Å². The highest BCUT2D eigenvalue weighted by Crippen LogP contribution is 2.37. The summed E-state index contributed by atoms with van der Waals surface area (Å²) in [5.41, 5.74) is 3.32. The fourth-order valence-electron chi connectivity index (χ4n) is 2.56. The first-order chi connectivity index (χ1) is 10.6. The third kappa shape index (κ3) is 2.86. The fourth-order valence-corrected chi connectivity index (χ4v) is 3.23. The Labute approximate surface area is 139 Å². The molecule has 0 amide bonds. The van der Waals surface area contributed by atoms with Crippen LogP contribution in [0, 0.1) is 6.92 Å². The van der Waals surface area contributed by atoms with E-state index < -0.39 is 0 Å². The topological polar surface area (TPSA) is 24.9 Å². The lowest BCUT2D eigenvalue weighted by Crippen LogP contribution is -2.12. The predicted molar refractivity (Wildman–Crippen MR) is 98.4 cm³/mol. The van der Waals surface area contributed by atoms with E-state index in [9.17, 15) is 0 Å². The molecular weight excluding hydrogens is 336 g/mol. The zero-order valence-corrected chi connectivity index (χ0v) is 14.6. The Kier molecular flexibility index (Phi) is 4.16. The number of halogens is 1. The molecule has 22 heavy (non-hydrogen) atoms. The molecule has 2 aromatic carbocycles. The summed E-state index contributed by atoms with van der Waals surface area (Å²) < 4.78 is 1.04. The summed E-state index contributed by atoms with van der Waals surface area (Å²) in [4.78, 5) is 4.89. The molecule has 0 unspecified atom stereocenters. The molecule has 0 aliphatic rings. The predicted octanol–water partition coefficient (Wildman–Crippen LogP) is 5.79. The molecule has 2 nitrogen and oxygen atoms in total. The number of hydrogen-bond donors (Lipinski definition) is 1. The summed E-state index contributed by atoms with van der Waals surface area (Å²) >= 11 is 3.75. The van der Waals surface area contributed by atoms with E-state index in [-0.39, 0.29) is 0 Å². The van der Waals surface area contributed by atoms with Crippen molar-refractivity contribution >= 4 is 32.5 Å². The van der Waals surface area contributed by atoms with Crippen molar-refractivity contribution < 1.29 is 0 Å². The van der Waals surface area contributed by atoms with Gasteiger partial charge in [-0.1, -0.05) is 48.0 Å². The maximum Gasteiger partial charge on any atom is 0.134 e. The zero-order valence-electron chi connectivity index (χ0n) is 13.0. The fraction of sp³-hybridized carbons (Fsp3) is 0.211. The average Bonchev–Trinajstić information content (AvgIpc) is 2.50. The van der Waals surface area contributed by atoms with Crippen molar-refractivity contribution in [3.8, 4) is 11.3 Å². The number of nitrogens with one attached hydrogen (secondary N) is 1. The van der Waals surface area contributed by atoms with Gasteiger partial charge in [-0.3, -0.25) is 0 Å². The van der Waals surface area contributed by atoms with E-state index in [1.165, 1.54) is 10.9 Å². The maximum atomic E-state index is 4.89. The molecule has 3 heteroatoms. The first-order valence-electron chi connectivity index (χ1n) is 7.48. The van der Waals surface area contributed by atoms with Crippen molar-refractivity contribution in [1.29, 1.82) is 0 Å². The van der Waals surface area contributed by atoms with E-state index in [4.69, 9.17) is 4.98 Å². The van der Waals surface area contributed by atoms with Crippen LogP contribution in [0.25, 0.3) is 22.0 Å². The van der Waals surface area contributed by atoms with E-state index in [1.54, 1.807) is 0 Å². The van der Waals surface area contributed by atoms with Crippen LogP contribution in [0.4, 0.5) is 5.82 Å². The largest absolute Gasteiger partial charge is 0.367 e. The third-order valence-electron chi connectivity index (χ3n) is 3.57. The van der Waals surface area contributed by atoms with Crippen LogP contribution in [0.15, 0.2) is 53.0 Å². The van der Waals surface area contributed by atoms with E-state index >= 15 is 0 Å². The molecule has 3 aromatic rings. The molecule has 0 saturated heterocycles. The van der Waals surface area contributed by atoms with Crippen LogP contribution in [0.2, 0.25) is 0 Å². The molecule has 1 aromatic heterocycles. The lowest BCUT2D eigenvalue weighted by Gasteiger charge is -2.16. The number of hydrogen-bond acceptors (Lipinski definition) is 2. The minimum absolute atomic E-state index is 0.334. The number of pyridine rings is 1. The quantitative estimate of drug-likeness (QED) is 0.643. The summed E-state index contributed by atoms with van der Waals surface area (Å²) in [6.07, 6.45) is 0. The van der Waals surface area contributed by atoms with Crippen molar-refractivity contribution in [3.63, 3.8) is 0 Å². The van der Waals surface area contributed by atoms with Gasteiger partial charge in [0.15, 0.2) is 0 Å². The lowest BCUT2D eigenvalue weighted by molar-refractivity contribution is 0.892. The van der Waals surface area contributed by atoms with Crippen molar-refractivity contribution in [2.24, 2.45) is 0 Å². The highest BCUT2D eigenvalue weighted by atomic mass is 79.9. The second-order valence-electron chi connectivity index (χ2n) is 5.84. The molecule has 0 bridgehead atoms. The van der Waals surface area contributed by atoms with E-state index in [2.05, 4.69) is 72.3 Å². The van der Waals surface area contributed by atoms with Crippen LogP contribution in [-0.4, -0.2) is 11.0 Å². The molecule has 112 valence electrons. The normalized spacial score (nSPS) is 11.1. The Morgan fingerprint density at radius 2 is 1.73 bits per heavy atom. The van der Waals surface area contributed by atoms with Gasteiger partial charge in [0.2, 0.25) is 0 Å². The molecule has 0 aliphatic heterocycles. The Morgan fingerprint density at radius 1 is 1.00 bits per heavy atom. The van der Waals surface area contributed by atoms with Crippen molar-refractivity contribution in [3.05, 3.63) is 58.6 Å². The number of aryl methyl sites for hydroxylation is 1. The summed E-state index contributed by atoms with van der Waals surface area (Å²) in [5, 5.41) is 5.82. The number of anilines is 1. The Bertz CT molecular complexity index is 811. The standard InChI is InChI=1S/C19H19BrN2/c1-12(2)21-19-16-11-13(3)9-10-15(16)17(20)18(22-19)14-7-5-4-6-8-14/h4-12H,1-3H3,(H,21,22). The summed E-state index contributed by atoms with van der Waals surface area (Å²) in [7, 11) is 0. The minimum Gasteiger partial charge on any atom is -0.367 e. The minimum atomic E-state index is 0.334. The highest BCUT2D eigenvalue weighted by Gasteiger charge is 2.14. The molecule has 0 aliphatic carbocycles. The number of fused-ring (bicyclic) bond motifs is 1. The molecular formula is C19H19BrN2. The van der Waals surface area contributed by atoms with Crippen molar-refractivity contribution in [1.82, 2.24) is 4.98 Å². The summed E-state index contributed by atoms with van der Waals surface area (Å²) in [6, 6.07) is 17.1. The Morgan fingerprint density at radius 3 is 2.41 bits per heavy atom. The van der Waals surface area contributed by atoms with Gasteiger partial charge >= 0.3 is 0 Å². The molecule has 0 saturated carbocycles. The van der Waals surface area contributed by atoms with Gasteiger partial charge in [-0.15, -0.1) is 0 Å². The first-order valence-corrected chi connectivity index (χ1v) is 8.27. The lowest BCUT2D eigenvalue weighted by atomic mass is 10.0. The number of aromatic nitrogens is 1. The molecule has 0 atom stereocenters. The number of rotatable bonds is 3. The maximum absolute atomic E-state index is 4.89. The second kappa shape index (κ2) is 6.09. The number of benzene rings is 2. The van der Waals surface area contributed by atoms with Gasteiger partial charge in [0.25, 0.3) is 0 Å². The Hall–Kier alpha value is -1.87. The SMILES string of the molecule is Cc1ccc2c(Br)c(-c3ccccc3)nc(NC(C)C)c2c1. The zero-order chi connectivity index (χ0) is 15.7. The summed E-state index contributed by atoms with van der Waals surface area (Å²) in [6.45, 7) is 6.37. The molecule has 0 fully saturated rings. The second-order valence-corrected chi connectivity index (χ2v) is 6.63. The van der Waals surface area contributed by atoms with Crippen LogP contribution >= 0.6 is 15.9 Å². The van der Waals surface area contributed by atoms with Crippen LogP contribution in [0.5, 0.6) is 0 Å². The molecule has 1 heterocycles. The first kappa shape index (κ1) is 15.0. The van der Waals surface area contributed by atoms with Gasteiger partial charge in [-0.2, -0.15) is 0 Å². The number of nitrogens with zero attached hydrogens (tertiary/aromatic N) is 1. The van der Waals surface area contributed by atoms with Crippen LogP contribution in [0.1, 0.15) is 19.4 Å². The average molecular weight is 355 g/mol. The van der Waals surface area contributed by atoms with Gasteiger partial charge in [0.05, 0.1) is 10.2 Å². The van der Waals surface area contributed by atoms with Crippen LogP contribution in [0.3, 0.4) is 0 Å². The van der Waals surface area contributed by atoms with Gasteiger partial charge in [-0.25, -0.2) is 4.98 Å². The molecule has 3 rings (SSSR count). The van der Waals surface area contributed by atoms with E-state index in [1.807, 2.05) is 18.2 Å². The summed E-state index contributed by atoms with van der Waals surface area (Å²) in [5.74, 6) is 0.941. The molecule has 1 N–H and O–H groups in total. The monoisotopic (exact) mass is 354 g/mol. The Balaban J connectivity index is 2.31. The van der Waals surface area contributed by atoms with Gasteiger partial charge in [0.1, 0.15) is 5.82 Å². The van der Waals surface area contributed by atoms with Crippen LogP contribution < -0.4 is 5.32 Å². The van der Waals surface area contributed by atoms with E-state index in [0.717, 1.165) is 26.9 Å². The van der Waals surface area contributed by atoms with Gasteiger partial charge in [0, 0.05) is 22.4 Å². The van der Waals surface area contributed by atoms with Crippen LogP contribution in [-0.2, 0) is 0 Å². The van der Waals surface area contributed by atoms with Gasteiger partial charge in [-0.05, 0) is 42.8 Å². The van der Waals surface area contributed by atoms with E-state index in [0.29, 0.717) is 6.04 Å². The smallest absolute Gasteiger partial charge is 0.134 e. The third-order valence-corrected chi connectivity index (χ3v) is 4.37. The highest BCUT2D eigenvalue weighted by molar-refractivity contribution is 9.10. The molecule has 0 radical (unpaired) electrons.